The van der Waals surface area contributed by atoms with Gasteiger partial charge in [-0.1, -0.05) is 26.8 Å². The number of rotatable bonds is 9. The lowest BCUT2D eigenvalue weighted by Crippen LogP contribution is -2.41. The maximum atomic E-state index is 11.8. The van der Waals surface area contributed by atoms with Crippen LogP contribution in [0.15, 0.2) is 12.2 Å². The second kappa shape index (κ2) is 8.95. The summed E-state index contributed by atoms with van der Waals surface area (Å²) in [4.78, 5) is 24.5. The Hall–Kier alpha value is -1.34. The summed E-state index contributed by atoms with van der Waals surface area (Å²) in [6, 6.07) is 3.00. The first-order valence-electron chi connectivity index (χ1n) is 7.85. The molecular weight excluding hydrogens is 302 g/mol. The molecule has 22 heavy (non-hydrogen) atoms. The highest BCUT2D eigenvalue weighted by Crippen LogP contribution is 2.22. The Kier molecular flexibility index (Phi) is 7.61. The Morgan fingerprint density at radius 2 is 2.00 bits per heavy atom. The van der Waals surface area contributed by atoms with Gasteiger partial charge in [0.2, 0.25) is 0 Å². The molecule has 1 heterocycles. The molecule has 0 unspecified atom stereocenters. The van der Waals surface area contributed by atoms with Gasteiger partial charge in [0, 0.05) is 12.6 Å². The van der Waals surface area contributed by atoms with E-state index in [2.05, 4.69) is 25.5 Å². The number of amides is 1. The van der Waals surface area contributed by atoms with Gasteiger partial charge in [0.15, 0.2) is 8.32 Å². The minimum absolute atomic E-state index is 0.240. The number of ether oxygens (including phenoxy) is 2. The second-order valence-corrected chi connectivity index (χ2v) is 10.1. The van der Waals surface area contributed by atoms with Crippen molar-refractivity contribution in [2.24, 2.45) is 0 Å². The van der Waals surface area contributed by atoms with Gasteiger partial charge in [0.1, 0.15) is 6.61 Å². The number of cyclic esters (lactones) is 1. The predicted octanol–water partition coefficient (Wildman–Crippen LogP) is 2.56. The molecule has 0 aromatic carbocycles. The molecule has 0 aromatic heterocycles. The maximum absolute atomic E-state index is 11.8. The van der Waals surface area contributed by atoms with Gasteiger partial charge in [-0.15, -0.1) is 0 Å². The number of nitrogens with zero attached hydrogens (tertiary/aromatic N) is 1. The monoisotopic (exact) mass is 329 g/mol. The van der Waals surface area contributed by atoms with Gasteiger partial charge in [-0.3, -0.25) is 4.90 Å². The van der Waals surface area contributed by atoms with Crippen molar-refractivity contribution in [2.75, 3.05) is 26.9 Å². The van der Waals surface area contributed by atoms with E-state index in [1.54, 1.807) is 11.0 Å². The van der Waals surface area contributed by atoms with Crippen molar-refractivity contribution in [3.8, 4) is 0 Å². The summed E-state index contributed by atoms with van der Waals surface area (Å²) in [6.45, 7) is 7.76. The van der Waals surface area contributed by atoms with E-state index in [0.29, 0.717) is 13.2 Å². The van der Waals surface area contributed by atoms with Gasteiger partial charge >= 0.3 is 12.1 Å². The van der Waals surface area contributed by atoms with Crippen LogP contribution in [0, 0.1) is 0 Å². The molecule has 0 N–H and O–H groups in total. The summed E-state index contributed by atoms with van der Waals surface area (Å²) >= 11 is 0. The fourth-order valence-corrected chi connectivity index (χ4v) is 5.19. The molecule has 1 fully saturated rings. The van der Waals surface area contributed by atoms with Crippen LogP contribution in [0.2, 0.25) is 18.1 Å². The average molecular weight is 329 g/mol. The lowest BCUT2D eigenvalue weighted by Gasteiger charge is -2.29. The molecule has 0 radical (unpaired) electrons. The standard InChI is InChI=1S/C15H27NO5Si/c1-5-22(6-2,7-3)21-11-10-16-13(12-20-15(16)18)8-9-14(17)19-4/h8-9,13H,5-7,10-12H2,1-4H3/b9-8+/t13-/m0/s1. The van der Waals surface area contributed by atoms with E-state index in [9.17, 15) is 9.59 Å². The van der Waals surface area contributed by atoms with Gasteiger partial charge < -0.3 is 13.9 Å². The molecular formula is C15H27NO5Si. The van der Waals surface area contributed by atoms with Crippen LogP contribution >= 0.6 is 0 Å². The predicted molar refractivity (Wildman–Crippen MR) is 86.1 cm³/mol. The minimum Gasteiger partial charge on any atom is -0.466 e. The van der Waals surface area contributed by atoms with Gasteiger partial charge in [0.05, 0.1) is 19.8 Å². The van der Waals surface area contributed by atoms with E-state index < -0.39 is 14.3 Å². The van der Waals surface area contributed by atoms with Crippen molar-refractivity contribution < 1.29 is 23.5 Å². The topological polar surface area (TPSA) is 65.1 Å². The third kappa shape index (κ3) is 4.84. The van der Waals surface area contributed by atoms with Crippen molar-refractivity contribution in [2.45, 2.75) is 44.9 Å². The summed E-state index contributed by atoms with van der Waals surface area (Å²) in [6.07, 6.45) is 2.60. The summed E-state index contributed by atoms with van der Waals surface area (Å²) in [5, 5.41) is 0. The minimum atomic E-state index is -1.65. The van der Waals surface area contributed by atoms with Gasteiger partial charge in [-0.05, 0) is 18.1 Å². The molecule has 7 heteroatoms. The first-order valence-corrected chi connectivity index (χ1v) is 10.4. The molecule has 0 saturated carbocycles. The van der Waals surface area contributed by atoms with Crippen LogP contribution < -0.4 is 0 Å². The normalized spacial score (nSPS) is 18.8. The fourth-order valence-electron chi connectivity index (χ4n) is 2.56. The molecule has 1 aliphatic heterocycles. The van der Waals surface area contributed by atoms with E-state index >= 15 is 0 Å². The zero-order chi connectivity index (χ0) is 16.6. The highest BCUT2D eigenvalue weighted by atomic mass is 28.4. The molecule has 1 atom stereocenters. The summed E-state index contributed by atoms with van der Waals surface area (Å²) < 4.78 is 15.8. The summed E-state index contributed by atoms with van der Waals surface area (Å²) in [5.74, 6) is -0.440. The lowest BCUT2D eigenvalue weighted by atomic mass is 10.2. The van der Waals surface area contributed by atoms with Crippen LogP contribution in [-0.4, -0.2) is 58.2 Å². The molecule has 1 amide bonds. The molecule has 6 nitrogen and oxygen atoms in total. The Balaban J connectivity index is 2.56. The van der Waals surface area contributed by atoms with E-state index in [0.717, 1.165) is 18.1 Å². The first-order chi connectivity index (χ1) is 10.5. The number of hydrogen-bond acceptors (Lipinski definition) is 5. The van der Waals surface area contributed by atoms with Crippen LogP contribution in [0.5, 0.6) is 0 Å². The highest BCUT2D eigenvalue weighted by Gasteiger charge is 2.33. The number of methoxy groups -OCH3 is 1. The zero-order valence-corrected chi connectivity index (χ0v) is 15.0. The van der Waals surface area contributed by atoms with Crippen molar-refractivity contribution in [3.05, 3.63) is 12.2 Å². The van der Waals surface area contributed by atoms with Gasteiger partial charge in [-0.2, -0.15) is 0 Å². The van der Waals surface area contributed by atoms with Crippen molar-refractivity contribution in [1.29, 1.82) is 0 Å². The quantitative estimate of drug-likeness (QED) is 0.369. The molecule has 0 spiro atoms. The molecule has 0 bridgehead atoms. The smallest absolute Gasteiger partial charge is 0.410 e. The van der Waals surface area contributed by atoms with Crippen LogP contribution in [-0.2, 0) is 18.7 Å². The van der Waals surface area contributed by atoms with E-state index in [1.165, 1.54) is 13.2 Å². The fraction of sp³-hybridized carbons (Fsp3) is 0.733. The largest absolute Gasteiger partial charge is 0.466 e. The van der Waals surface area contributed by atoms with E-state index in [1.807, 2.05) is 0 Å². The molecule has 0 aliphatic carbocycles. The zero-order valence-electron chi connectivity index (χ0n) is 14.0. The second-order valence-electron chi connectivity index (χ2n) is 5.31. The number of esters is 1. The molecule has 1 rings (SSSR count). The Morgan fingerprint density at radius 3 is 2.55 bits per heavy atom. The SMILES string of the molecule is CC[Si](CC)(CC)OCCN1C(=O)OC[C@@H]1/C=C/C(=O)OC. The van der Waals surface area contributed by atoms with Crippen molar-refractivity contribution in [3.63, 3.8) is 0 Å². The van der Waals surface area contributed by atoms with Crippen LogP contribution in [0.25, 0.3) is 0 Å². The Bertz CT molecular complexity index is 400. The molecule has 126 valence electrons. The van der Waals surface area contributed by atoms with E-state index in [4.69, 9.17) is 9.16 Å². The van der Waals surface area contributed by atoms with Gasteiger partial charge in [0.25, 0.3) is 0 Å². The molecule has 0 aromatic rings. The summed E-state index contributed by atoms with van der Waals surface area (Å²) in [7, 11) is -0.328. The maximum Gasteiger partial charge on any atom is 0.410 e. The first kappa shape index (κ1) is 18.7. The van der Waals surface area contributed by atoms with Crippen LogP contribution in [0.3, 0.4) is 0 Å². The van der Waals surface area contributed by atoms with Crippen molar-refractivity contribution in [1.82, 2.24) is 4.90 Å². The lowest BCUT2D eigenvalue weighted by molar-refractivity contribution is -0.134. The number of carbonyl (C=O) groups excluding carboxylic acids is 2. The molecule has 1 saturated heterocycles. The third-order valence-corrected chi connectivity index (χ3v) is 9.02. The van der Waals surface area contributed by atoms with Crippen molar-refractivity contribution >= 4 is 20.4 Å². The third-order valence-electron chi connectivity index (χ3n) is 4.34. The average Bonchev–Trinajstić information content (AvgIpc) is 2.90. The molecule has 1 aliphatic rings. The van der Waals surface area contributed by atoms with E-state index in [-0.39, 0.29) is 18.7 Å². The number of carbonyl (C=O) groups is 2. The highest BCUT2D eigenvalue weighted by molar-refractivity contribution is 6.73. The Morgan fingerprint density at radius 1 is 1.36 bits per heavy atom. The van der Waals surface area contributed by atoms with Crippen LogP contribution in [0.4, 0.5) is 4.79 Å². The van der Waals surface area contributed by atoms with Gasteiger partial charge in [-0.25, -0.2) is 9.59 Å². The summed E-state index contributed by atoms with van der Waals surface area (Å²) in [5.41, 5.74) is 0. The number of hydrogen-bond donors (Lipinski definition) is 0. The Labute approximate surface area is 133 Å². The van der Waals surface area contributed by atoms with Crippen LogP contribution in [0.1, 0.15) is 20.8 Å².